The van der Waals surface area contributed by atoms with Crippen LogP contribution in [0.4, 0.5) is 11.8 Å². The Bertz CT molecular complexity index is 512. The molecule has 0 amide bonds. The molecule has 0 aromatic carbocycles. The van der Waals surface area contributed by atoms with Crippen LogP contribution in [0.1, 0.15) is 44.7 Å². The maximum Gasteiger partial charge on any atom is 0.222 e. The monoisotopic (exact) mass is 292 g/mol. The number of hydrogen-bond acceptors (Lipinski definition) is 6. The van der Waals surface area contributed by atoms with E-state index >= 15 is 0 Å². The van der Waals surface area contributed by atoms with Gasteiger partial charge in [-0.05, 0) is 18.8 Å². The molecule has 0 bridgehead atoms. The van der Waals surface area contributed by atoms with Gasteiger partial charge in [-0.2, -0.15) is 4.98 Å². The Morgan fingerprint density at radius 2 is 2.10 bits per heavy atom. The van der Waals surface area contributed by atoms with Crippen LogP contribution in [0.2, 0.25) is 0 Å². The fourth-order valence-electron chi connectivity index (χ4n) is 3.24. The third-order valence-corrected chi connectivity index (χ3v) is 4.53. The molecule has 3 rings (SSSR count). The number of piperidine rings is 1. The zero-order valence-corrected chi connectivity index (χ0v) is 12.7. The third kappa shape index (κ3) is 2.96. The SMILES string of the molecule is CC(C)c1cc(N2CCC3(CC2)CC(O)CO3)nc(N)n1. The molecule has 21 heavy (non-hydrogen) atoms. The molecule has 6 heteroatoms. The van der Waals surface area contributed by atoms with Gasteiger partial charge in [0.2, 0.25) is 5.95 Å². The number of anilines is 2. The number of aliphatic hydroxyl groups excluding tert-OH is 1. The molecular weight excluding hydrogens is 268 g/mol. The highest BCUT2D eigenvalue weighted by Gasteiger charge is 2.42. The van der Waals surface area contributed by atoms with E-state index in [1.165, 1.54) is 0 Å². The molecule has 1 aromatic heterocycles. The number of nitrogens with two attached hydrogens (primary N) is 1. The van der Waals surface area contributed by atoms with E-state index in [-0.39, 0.29) is 11.7 Å². The average Bonchev–Trinajstić information content (AvgIpc) is 2.80. The molecule has 3 N–H and O–H groups in total. The van der Waals surface area contributed by atoms with E-state index in [9.17, 15) is 5.11 Å². The second-order valence-electron chi connectivity index (χ2n) is 6.50. The first-order valence-corrected chi connectivity index (χ1v) is 7.69. The van der Waals surface area contributed by atoms with Gasteiger partial charge in [0.25, 0.3) is 0 Å². The van der Waals surface area contributed by atoms with Crippen LogP contribution in [0.3, 0.4) is 0 Å². The third-order valence-electron chi connectivity index (χ3n) is 4.53. The molecule has 0 saturated carbocycles. The summed E-state index contributed by atoms with van der Waals surface area (Å²) >= 11 is 0. The number of aromatic nitrogens is 2. The molecule has 3 heterocycles. The number of nitrogen functional groups attached to an aromatic ring is 1. The summed E-state index contributed by atoms with van der Waals surface area (Å²) in [5.74, 6) is 1.57. The summed E-state index contributed by atoms with van der Waals surface area (Å²) in [4.78, 5) is 10.9. The number of aliphatic hydroxyl groups is 1. The number of rotatable bonds is 2. The van der Waals surface area contributed by atoms with Crippen LogP contribution in [-0.4, -0.2) is 46.5 Å². The number of hydrogen-bond donors (Lipinski definition) is 2. The molecule has 1 atom stereocenters. The van der Waals surface area contributed by atoms with Crippen LogP contribution < -0.4 is 10.6 Å². The van der Waals surface area contributed by atoms with E-state index in [2.05, 4.69) is 28.7 Å². The van der Waals surface area contributed by atoms with Crippen molar-refractivity contribution in [1.82, 2.24) is 9.97 Å². The highest BCUT2D eigenvalue weighted by Crippen LogP contribution is 2.37. The van der Waals surface area contributed by atoms with Gasteiger partial charge in [-0.15, -0.1) is 0 Å². The highest BCUT2D eigenvalue weighted by molar-refractivity contribution is 5.44. The summed E-state index contributed by atoms with van der Waals surface area (Å²) in [5.41, 5.74) is 6.68. The maximum absolute atomic E-state index is 9.69. The van der Waals surface area contributed by atoms with Crippen molar-refractivity contribution in [2.45, 2.75) is 50.7 Å². The first kappa shape index (κ1) is 14.5. The Morgan fingerprint density at radius 1 is 1.38 bits per heavy atom. The molecule has 2 aliphatic heterocycles. The van der Waals surface area contributed by atoms with Gasteiger partial charge >= 0.3 is 0 Å². The Labute approximate surface area is 125 Å². The quantitative estimate of drug-likeness (QED) is 0.855. The van der Waals surface area contributed by atoms with Crippen molar-refractivity contribution in [3.05, 3.63) is 11.8 Å². The first-order valence-electron chi connectivity index (χ1n) is 7.69. The van der Waals surface area contributed by atoms with Gasteiger partial charge in [-0.3, -0.25) is 0 Å². The fourth-order valence-corrected chi connectivity index (χ4v) is 3.24. The van der Waals surface area contributed by atoms with Gasteiger partial charge in [-0.1, -0.05) is 13.8 Å². The predicted octanol–water partition coefficient (Wildman–Crippen LogP) is 1.30. The lowest BCUT2D eigenvalue weighted by atomic mass is 9.88. The smallest absolute Gasteiger partial charge is 0.222 e. The summed E-state index contributed by atoms with van der Waals surface area (Å²) in [6, 6.07) is 2.03. The summed E-state index contributed by atoms with van der Waals surface area (Å²) < 4.78 is 5.83. The molecule has 2 aliphatic rings. The van der Waals surface area contributed by atoms with Crippen LogP contribution in [0.5, 0.6) is 0 Å². The Hall–Kier alpha value is -1.40. The van der Waals surface area contributed by atoms with Crippen LogP contribution in [0.25, 0.3) is 0 Å². The van der Waals surface area contributed by atoms with Crippen LogP contribution >= 0.6 is 0 Å². The van der Waals surface area contributed by atoms with Crippen molar-refractivity contribution in [3.63, 3.8) is 0 Å². The molecular formula is C15H24N4O2. The zero-order valence-electron chi connectivity index (χ0n) is 12.7. The Balaban J connectivity index is 1.72. The Morgan fingerprint density at radius 3 is 2.67 bits per heavy atom. The molecule has 6 nitrogen and oxygen atoms in total. The lowest BCUT2D eigenvalue weighted by molar-refractivity contribution is -0.0167. The topological polar surface area (TPSA) is 84.5 Å². The molecule has 0 aliphatic carbocycles. The summed E-state index contributed by atoms with van der Waals surface area (Å²) in [6.07, 6.45) is 2.29. The number of ether oxygens (including phenoxy) is 1. The minimum absolute atomic E-state index is 0.130. The molecule has 116 valence electrons. The largest absolute Gasteiger partial charge is 0.391 e. The van der Waals surface area contributed by atoms with Gasteiger partial charge in [0.05, 0.1) is 24.0 Å². The average molecular weight is 292 g/mol. The van der Waals surface area contributed by atoms with Crippen molar-refractivity contribution in [3.8, 4) is 0 Å². The van der Waals surface area contributed by atoms with Crippen LogP contribution in [0.15, 0.2) is 6.07 Å². The van der Waals surface area contributed by atoms with E-state index in [1.807, 2.05) is 6.07 Å². The minimum atomic E-state index is -0.307. The van der Waals surface area contributed by atoms with E-state index in [1.54, 1.807) is 0 Å². The standard InChI is InChI=1S/C15H24N4O2/c1-10(2)12-7-13(18-14(16)17-12)19-5-3-15(4-6-19)8-11(20)9-21-15/h7,10-11,20H,3-6,8-9H2,1-2H3,(H2,16,17,18). The van der Waals surface area contributed by atoms with Crippen molar-refractivity contribution in [1.29, 1.82) is 0 Å². The fraction of sp³-hybridized carbons (Fsp3) is 0.733. The van der Waals surface area contributed by atoms with Crippen LogP contribution in [0, 0.1) is 0 Å². The van der Waals surface area contributed by atoms with E-state index in [4.69, 9.17) is 10.5 Å². The molecule has 1 unspecified atom stereocenters. The van der Waals surface area contributed by atoms with Crippen molar-refractivity contribution in [2.24, 2.45) is 0 Å². The van der Waals surface area contributed by atoms with Gasteiger partial charge in [0.1, 0.15) is 5.82 Å². The van der Waals surface area contributed by atoms with E-state index < -0.39 is 0 Å². The summed E-state index contributed by atoms with van der Waals surface area (Å²) in [5, 5.41) is 9.69. The lowest BCUT2D eigenvalue weighted by Gasteiger charge is -2.39. The van der Waals surface area contributed by atoms with Crippen LogP contribution in [-0.2, 0) is 4.74 Å². The summed E-state index contributed by atoms with van der Waals surface area (Å²) in [6.45, 7) is 6.42. The Kier molecular flexibility index (Phi) is 3.75. The molecule has 1 spiro atoms. The van der Waals surface area contributed by atoms with E-state index in [0.29, 0.717) is 18.5 Å². The van der Waals surface area contributed by atoms with Gasteiger partial charge in [-0.25, -0.2) is 4.98 Å². The predicted molar refractivity (Wildman–Crippen MR) is 81.3 cm³/mol. The normalized spacial score (nSPS) is 25.0. The highest BCUT2D eigenvalue weighted by atomic mass is 16.5. The second-order valence-corrected chi connectivity index (χ2v) is 6.50. The number of nitrogens with zero attached hydrogens (tertiary/aromatic N) is 3. The van der Waals surface area contributed by atoms with Crippen molar-refractivity contribution >= 4 is 11.8 Å². The van der Waals surface area contributed by atoms with E-state index in [0.717, 1.165) is 43.9 Å². The molecule has 1 aromatic rings. The molecule has 2 fully saturated rings. The van der Waals surface area contributed by atoms with Crippen molar-refractivity contribution in [2.75, 3.05) is 30.3 Å². The second kappa shape index (κ2) is 5.42. The first-order chi connectivity index (χ1) is 9.97. The molecule has 0 radical (unpaired) electrons. The van der Waals surface area contributed by atoms with Gasteiger partial charge in [0.15, 0.2) is 0 Å². The summed E-state index contributed by atoms with van der Waals surface area (Å²) in [7, 11) is 0. The maximum atomic E-state index is 9.69. The van der Waals surface area contributed by atoms with Crippen molar-refractivity contribution < 1.29 is 9.84 Å². The minimum Gasteiger partial charge on any atom is -0.391 e. The van der Waals surface area contributed by atoms with Gasteiger partial charge < -0.3 is 20.5 Å². The lowest BCUT2D eigenvalue weighted by Crippen LogP contribution is -2.44. The van der Waals surface area contributed by atoms with Gasteiger partial charge in [0, 0.05) is 25.6 Å². The molecule has 2 saturated heterocycles. The zero-order chi connectivity index (χ0) is 15.0.